The Balaban J connectivity index is 2.43. The summed E-state index contributed by atoms with van der Waals surface area (Å²) in [5.74, 6) is 0. The molecule has 1 fully saturated rings. The molecule has 0 amide bonds. The van der Waals surface area contributed by atoms with Crippen LogP contribution in [0.5, 0.6) is 0 Å². The minimum Gasteiger partial charge on any atom is -0.366 e. The van der Waals surface area contributed by atoms with Gasteiger partial charge in [-0.1, -0.05) is 0 Å². The number of aliphatic hydroxyl groups excluding tert-OH is 1. The van der Waals surface area contributed by atoms with Gasteiger partial charge in [-0.3, -0.25) is 4.74 Å². The molecule has 1 rings (SSSR count). The lowest BCUT2D eigenvalue weighted by atomic mass is 10.4. The molecule has 4 N–H and O–H groups in total. The van der Waals surface area contributed by atoms with Crippen LogP contribution in [0.3, 0.4) is 0 Å². The number of rotatable bonds is 1. The van der Waals surface area contributed by atoms with Crippen LogP contribution in [0.4, 0.5) is 0 Å². The lowest BCUT2D eigenvalue weighted by Gasteiger charge is -2.13. The average Bonchev–Trinajstić information content (AvgIpc) is 2.10. The molecule has 0 bridgehead atoms. The summed E-state index contributed by atoms with van der Waals surface area (Å²) in [6, 6.07) is 0. The minimum absolute atomic E-state index is 0.259. The first-order valence-corrected chi connectivity index (χ1v) is 2.64. The molecular weight excluding hydrogens is 144 g/mol. The van der Waals surface area contributed by atoms with Crippen LogP contribution >= 0.6 is 0 Å². The van der Waals surface area contributed by atoms with Gasteiger partial charge in [-0.25, -0.2) is 0 Å². The van der Waals surface area contributed by atoms with Crippen molar-refractivity contribution in [3.05, 3.63) is 0 Å². The third-order valence-corrected chi connectivity index (χ3v) is 1.07. The average molecular weight is 152 g/mol. The van der Waals surface area contributed by atoms with Gasteiger partial charge in [0.25, 0.3) is 0 Å². The number of ether oxygens (including phenoxy) is 2. The van der Waals surface area contributed by atoms with Crippen LogP contribution in [-0.2, 0) is 9.47 Å². The standard InChI is InChI=1S/C4H8O6/c5-3(6)2-1-9-4(7,8)10-2/h2-3,5-8H,1H2. The monoisotopic (exact) mass is 152 g/mol. The molecule has 0 aliphatic carbocycles. The summed E-state index contributed by atoms with van der Waals surface area (Å²) in [7, 11) is 0. The van der Waals surface area contributed by atoms with Gasteiger partial charge in [0.2, 0.25) is 0 Å². The van der Waals surface area contributed by atoms with E-state index in [4.69, 9.17) is 20.4 Å². The third-order valence-electron chi connectivity index (χ3n) is 1.07. The van der Waals surface area contributed by atoms with Crippen LogP contribution in [0, 0.1) is 0 Å². The van der Waals surface area contributed by atoms with Crippen molar-refractivity contribution < 1.29 is 29.9 Å². The highest BCUT2D eigenvalue weighted by Crippen LogP contribution is 2.18. The summed E-state index contributed by atoms with van der Waals surface area (Å²) in [5, 5.41) is 33.8. The van der Waals surface area contributed by atoms with Gasteiger partial charge >= 0.3 is 6.16 Å². The predicted molar refractivity (Wildman–Crippen MR) is 26.2 cm³/mol. The fourth-order valence-electron chi connectivity index (χ4n) is 0.603. The summed E-state index contributed by atoms with van der Waals surface area (Å²) in [5.41, 5.74) is 0. The van der Waals surface area contributed by atoms with Gasteiger partial charge in [-0.2, -0.15) is 0 Å². The maximum absolute atomic E-state index is 8.50. The molecule has 1 atom stereocenters. The van der Waals surface area contributed by atoms with E-state index in [1.807, 2.05) is 0 Å². The van der Waals surface area contributed by atoms with E-state index in [2.05, 4.69) is 9.47 Å². The Labute approximate surface area is 56.2 Å². The first-order valence-electron chi connectivity index (χ1n) is 2.64. The fraction of sp³-hybridized carbons (Fsp3) is 1.00. The van der Waals surface area contributed by atoms with Crippen LogP contribution in [0.15, 0.2) is 0 Å². The highest BCUT2D eigenvalue weighted by atomic mass is 17.0. The molecule has 1 saturated heterocycles. The van der Waals surface area contributed by atoms with E-state index in [-0.39, 0.29) is 6.61 Å². The molecule has 0 aromatic heterocycles. The summed E-state index contributed by atoms with van der Waals surface area (Å²) < 4.78 is 8.38. The van der Waals surface area contributed by atoms with Gasteiger partial charge in [0, 0.05) is 0 Å². The van der Waals surface area contributed by atoms with Crippen LogP contribution in [0.1, 0.15) is 0 Å². The lowest BCUT2D eigenvalue weighted by molar-refractivity contribution is -0.438. The molecule has 1 aliphatic heterocycles. The molecular formula is C4H8O6. The van der Waals surface area contributed by atoms with Crippen LogP contribution < -0.4 is 0 Å². The Hall–Kier alpha value is -0.240. The molecule has 1 unspecified atom stereocenters. The van der Waals surface area contributed by atoms with Crippen LogP contribution in [-0.4, -0.2) is 45.6 Å². The zero-order valence-corrected chi connectivity index (χ0v) is 4.97. The molecule has 0 aromatic rings. The van der Waals surface area contributed by atoms with Crippen molar-refractivity contribution in [2.45, 2.75) is 18.6 Å². The van der Waals surface area contributed by atoms with E-state index in [9.17, 15) is 0 Å². The molecule has 0 saturated carbocycles. The SMILES string of the molecule is OC(O)C1COC(O)(O)O1. The maximum atomic E-state index is 8.50. The molecule has 1 aliphatic rings. The number of hydrogen-bond donors (Lipinski definition) is 4. The Bertz CT molecular complexity index is 121. The summed E-state index contributed by atoms with van der Waals surface area (Å²) in [4.78, 5) is 0. The Morgan fingerprint density at radius 3 is 2.20 bits per heavy atom. The summed E-state index contributed by atoms with van der Waals surface area (Å²) in [6.07, 6.45) is -5.54. The highest BCUT2D eigenvalue weighted by molar-refractivity contribution is 4.64. The van der Waals surface area contributed by atoms with Crippen molar-refractivity contribution in [2.75, 3.05) is 6.61 Å². The molecule has 60 valence electrons. The van der Waals surface area contributed by atoms with E-state index < -0.39 is 18.6 Å². The maximum Gasteiger partial charge on any atom is 0.408 e. The molecule has 0 aromatic carbocycles. The molecule has 1 heterocycles. The second-order valence-electron chi connectivity index (χ2n) is 1.93. The fourth-order valence-corrected chi connectivity index (χ4v) is 0.603. The highest BCUT2D eigenvalue weighted by Gasteiger charge is 2.41. The van der Waals surface area contributed by atoms with E-state index in [1.165, 1.54) is 0 Å². The van der Waals surface area contributed by atoms with Crippen molar-refractivity contribution in [3.63, 3.8) is 0 Å². The summed E-state index contributed by atoms with van der Waals surface area (Å²) >= 11 is 0. The largest absolute Gasteiger partial charge is 0.408 e. The Morgan fingerprint density at radius 1 is 1.40 bits per heavy atom. The van der Waals surface area contributed by atoms with Crippen molar-refractivity contribution in [1.29, 1.82) is 0 Å². The first-order chi connectivity index (χ1) is 4.51. The van der Waals surface area contributed by atoms with Gasteiger partial charge < -0.3 is 25.2 Å². The molecule has 0 spiro atoms. The summed E-state index contributed by atoms with van der Waals surface area (Å²) in [6.45, 7) is -0.259. The Morgan fingerprint density at radius 2 is 2.00 bits per heavy atom. The van der Waals surface area contributed by atoms with Gasteiger partial charge in [0.15, 0.2) is 6.29 Å². The first kappa shape index (κ1) is 7.86. The van der Waals surface area contributed by atoms with Crippen molar-refractivity contribution >= 4 is 0 Å². The zero-order chi connectivity index (χ0) is 7.78. The molecule has 6 nitrogen and oxygen atoms in total. The van der Waals surface area contributed by atoms with Crippen molar-refractivity contribution in [2.24, 2.45) is 0 Å². The predicted octanol–water partition coefficient (Wildman–Crippen LogP) is -2.69. The Kier molecular flexibility index (Phi) is 1.90. The van der Waals surface area contributed by atoms with E-state index in [0.29, 0.717) is 0 Å². The topological polar surface area (TPSA) is 99.4 Å². The second-order valence-corrected chi connectivity index (χ2v) is 1.93. The van der Waals surface area contributed by atoms with Crippen molar-refractivity contribution in [1.82, 2.24) is 0 Å². The lowest BCUT2D eigenvalue weighted by Crippen LogP contribution is -2.33. The third kappa shape index (κ3) is 1.63. The van der Waals surface area contributed by atoms with Crippen LogP contribution in [0.2, 0.25) is 0 Å². The second kappa shape index (κ2) is 2.42. The van der Waals surface area contributed by atoms with E-state index in [0.717, 1.165) is 0 Å². The quantitative estimate of drug-likeness (QED) is 0.305. The van der Waals surface area contributed by atoms with Crippen LogP contribution in [0.25, 0.3) is 0 Å². The van der Waals surface area contributed by atoms with E-state index >= 15 is 0 Å². The van der Waals surface area contributed by atoms with Gasteiger partial charge in [0.1, 0.15) is 6.10 Å². The van der Waals surface area contributed by atoms with E-state index in [1.54, 1.807) is 0 Å². The van der Waals surface area contributed by atoms with Gasteiger partial charge in [-0.15, -0.1) is 0 Å². The smallest absolute Gasteiger partial charge is 0.366 e. The van der Waals surface area contributed by atoms with Gasteiger partial charge in [-0.05, 0) is 0 Å². The molecule has 10 heavy (non-hydrogen) atoms. The van der Waals surface area contributed by atoms with Gasteiger partial charge in [0.05, 0.1) is 6.61 Å². The molecule has 6 heteroatoms. The number of hydrogen-bond acceptors (Lipinski definition) is 6. The minimum atomic E-state index is -2.67. The number of aliphatic hydroxyl groups is 4. The molecule has 0 radical (unpaired) electrons. The normalized spacial score (nSPS) is 31.5. The zero-order valence-electron chi connectivity index (χ0n) is 4.97. The van der Waals surface area contributed by atoms with Crippen molar-refractivity contribution in [3.8, 4) is 0 Å².